The van der Waals surface area contributed by atoms with Crippen molar-refractivity contribution in [1.29, 1.82) is 0 Å². The molecule has 0 N–H and O–H groups in total. The first-order valence-corrected chi connectivity index (χ1v) is 4.14. The van der Waals surface area contributed by atoms with E-state index >= 15 is 0 Å². The van der Waals surface area contributed by atoms with Gasteiger partial charge in [0.1, 0.15) is 6.10 Å². The Morgan fingerprint density at radius 3 is 2.36 bits per heavy atom. The Bertz CT molecular complexity index is 255. The number of rotatable bonds is 3. The minimum absolute atomic E-state index is 0.188. The van der Waals surface area contributed by atoms with Crippen molar-refractivity contribution in [3.63, 3.8) is 0 Å². The quantitative estimate of drug-likeness (QED) is 0.525. The van der Waals surface area contributed by atoms with E-state index in [-0.39, 0.29) is 23.9 Å². The summed E-state index contributed by atoms with van der Waals surface area (Å²) in [6.45, 7) is 3.78. The Morgan fingerprint density at radius 2 is 1.93 bits per heavy atom. The maximum atomic E-state index is 11.8. The van der Waals surface area contributed by atoms with Gasteiger partial charge in [-0.1, -0.05) is 19.9 Å². The van der Waals surface area contributed by atoms with Gasteiger partial charge in [0, 0.05) is 17.4 Å². The molecule has 2 unspecified atom stereocenters. The van der Waals surface area contributed by atoms with E-state index in [4.69, 9.17) is 0 Å². The van der Waals surface area contributed by atoms with Crippen molar-refractivity contribution in [3.05, 3.63) is 12.2 Å². The van der Waals surface area contributed by atoms with Crippen LogP contribution in [0.2, 0.25) is 0 Å². The van der Waals surface area contributed by atoms with Crippen LogP contribution in [0.1, 0.15) is 13.8 Å². The molecule has 80 valence electrons. The molecule has 2 atom stereocenters. The molecule has 0 spiro atoms. The Hall–Kier alpha value is -1.00. The summed E-state index contributed by atoms with van der Waals surface area (Å²) in [6, 6.07) is 0. The maximum absolute atomic E-state index is 11.8. The van der Waals surface area contributed by atoms with Crippen molar-refractivity contribution in [1.82, 2.24) is 0 Å². The minimum Gasteiger partial charge on any atom is -0.463 e. The summed E-state index contributed by atoms with van der Waals surface area (Å²) in [5, 5.41) is 0. The molecule has 5 heteroatoms. The summed E-state index contributed by atoms with van der Waals surface area (Å²) in [5.41, 5.74) is -0.386. The summed E-state index contributed by atoms with van der Waals surface area (Å²) >= 11 is 0. The largest absolute Gasteiger partial charge is 0.463 e. The van der Waals surface area contributed by atoms with Crippen molar-refractivity contribution < 1.29 is 22.7 Å². The molecular formula is C9H11F3O2. The Labute approximate surface area is 79.7 Å². The second kappa shape index (κ2) is 3.29. The average Bonchev–Trinajstić information content (AvgIpc) is 2.49. The fraction of sp³-hybridized carbons (Fsp3) is 0.667. The molecule has 1 aliphatic rings. The van der Waals surface area contributed by atoms with Crippen molar-refractivity contribution >= 4 is 6.47 Å². The van der Waals surface area contributed by atoms with Crippen LogP contribution in [0.15, 0.2) is 12.2 Å². The lowest BCUT2D eigenvalue weighted by Gasteiger charge is -1.98. The Kier molecular flexibility index (Phi) is 2.61. The van der Waals surface area contributed by atoms with E-state index in [1.54, 1.807) is 13.8 Å². The first kappa shape index (κ1) is 11.1. The summed E-state index contributed by atoms with van der Waals surface area (Å²) in [7, 11) is 0. The van der Waals surface area contributed by atoms with Gasteiger partial charge in [0.15, 0.2) is 0 Å². The molecule has 1 aliphatic carbocycles. The highest BCUT2D eigenvalue weighted by Gasteiger charge is 2.59. The van der Waals surface area contributed by atoms with E-state index in [1.807, 2.05) is 0 Å². The van der Waals surface area contributed by atoms with Crippen LogP contribution in [0.5, 0.6) is 0 Å². The minimum atomic E-state index is -4.30. The van der Waals surface area contributed by atoms with E-state index < -0.39 is 12.3 Å². The molecule has 1 rings (SSSR count). The van der Waals surface area contributed by atoms with Crippen molar-refractivity contribution in [2.24, 2.45) is 11.3 Å². The van der Waals surface area contributed by atoms with Gasteiger partial charge >= 0.3 is 6.18 Å². The number of hydrogen-bond donors (Lipinski definition) is 0. The number of hydrogen-bond acceptors (Lipinski definition) is 2. The molecule has 1 fully saturated rings. The van der Waals surface area contributed by atoms with Gasteiger partial charge in [-0.3, -0.25) is 4.79 Å². The van der Waals surface area contributed by atoms with Crippen LogP contribution in [-0.4, -0.2) is 18.8 Å². The zero-order valence-corrected chi connectivity index (χ0v) is 7.84. The van der Waals surface area contributed by atoms with Crippen LogP contribution >= 0.6 is 0 Å². The van der Waals surface area contributed by atoms with E-state index in [0.29, 0.717) is 0 Å². The lowest BCUT2D eigenvalue weighted by molar-refractivity contribution is -0.130. The predicted octanol–water partition coefficient (Wildman–Crippen LogP) is 2.30. The first-order valence-electron chi connectivity index (χ1n) is 4.14. The van der Waals surface area contributed by atoms with E-state index in [9.17, 15) is 18.0 Å². The average molecular weight is 208 g/mol. The zero-order chi connectivity index (χ0) is 11.0. The van der Waals surface area contributed by atoms with Gasteiger partial charge in [-0.05, 0) is 0 Å². The standard InChI is InChI=1S/C9H11F3O2/c1-8(2)6(7(8)14-5-13)3-4-9(10,11)12/h3-7H,1-2H3/b4-3-. The third kappa shape index (κ3) is 2.27. The summed E-state index contributed by atoms with van der Waals surface area (Å²) in [6.07, 6.45) is -3.50. The van der Waals surface area contributed by atoms with E-state index in [1.165, 1.54) is 0 Å². The van der Waals surface area contributed by atoms with Gasteiger partial charge in [0.2, 0.25) is 0 Å². The molecular weight excluding hydrogens is 197 g/mol. The monoisotopic (exact) mass is 208 g/mol. The second-order valence-corrected chi connectivity index (χ2v) is 3.90. The number of carbonyl (C=O) groups excluding carboxylic acids is 1. The van der Waals surface area contributed by atoms with Crippen molar-refractivity contribution in [3.8, 4) is 0 Å². The van der Waals surface area contributed by atoms with Crippen LogP contribution in [-0.2, 0) is 9.53 Å². The first-order chi connectivity index (χ1) is 6.29. The lowest BCUT2D eigenvalue weighted by Crippen LogP contribution is -2.01. The third-order valence-corrected chi connectivity index (χ3v) is 2.50. The van der Waals surface area contributed by atoms with Gasteiger partial charge in [-0.15, -0.1) is 0 Å². The Morgan fingerprint density at radius 1 is 1.36 bits per heavy atom. The molecule has 0 bridgehead atoms. The predicted molar refractivity (Wildman–Crippen MR) is 43.4 cm³/mol. The fourth-order valence-corrected chi connectivity index (χ4v) is 1.51. The molecule has 0 aromatic carbocycles. The van der Waals surface area contributed by atoms with Crippen LogP contribution in [0, 0.1) is 11.3 Å². The SMILES string of the molecule is CC1(C)C(/C=C\C(F)(F)F)C1OC=O. The number of ether oxygens (including phenoxy) is 1. The molecule has 0 heterocycles. The smallest absolute Gasteiger partial charge is 0.409 e. The second-order valence-electron chi connectivity index (χ2n) is 3.90. The van der Waals surface area contributed by atoms with Crippen LogP contribution < -0.4 is 0 Å². The summed E-state index contributed by atoms with van der Waals surface area (Å²) in [5.74, 6) is -0.339. The summed E-state index contributed by atoms with van der Waals surface area (Å²) in [4.78, 5) is 10.0. The van der Waals surface area contributed by atoms with E-state index in [2.05, 4.69) is 4.74 Å². The van der Waals surface area contributed by atoms with Crippen LogP contribution in [0.4, 0.5) is 13.2 Å². The molecule has 0 saturated heterocycles. The van der Waals surface area contributed by atoms with Crippen molar-refractivity contribution in [2.45, 2.75) is 26.1 Å². The molecule has 2 nitrogen and oxygen atoms in total. The molecule has 0 amide bonds. The lowest BCUT2D eigenvalue weighted by atomic mass is 10.1. The topological polar surface area (TPSA) is 26.3 Å². The number of halogens is 3. The van der Waals surface area contributed by atoms with Crippen LogP contribution in [0.3, 0.4) is 0 Å². The fourth-order valence-electron chi connectivity index (χ4n) is 1.51. The van der Waals surface area contributed by atoms with Crippen LogP contribution in [0.25, 0.3) is 0 Å². The van der Waals surface area contributed by atoms with Gasteiger partial charge < -0.3 is 4.74 Å². The van der Waals surface area contributed by atoms with E-state index in [0.717, 1.165) is 6.08 Å². The molecule has 0 aliphatic heterocycles. The third-order valence-electron chi connectivity index (χ3n) is 2.50. The van der Waals surface area contributed by atoms with Gasteiger partial charge in [-0.2, -0.15) is 13.2 Å². The summed E-state index contributed by atoms with van der Waals surface area (Å²) < 4.78 is 40.1. The molecule has 0 aromatic rings. The normalized spacial score (nSPS) is 30.4. The maximum Gasteiger partial charge on any atom is 0.409 e. The van der Waals surface area contributed by atoms with Crippen molar-refractivity contribution in [2.75, 3.05) is 0 Å². The molecule has 1 saturated carbocycles. The molecule has 14 heavy (non-hydrogen) atoms. The van der Waals surface area contributed by atoms with Gasteiger partial charge in [0.25, 0.3) is 6.47 Å². The highest BCUT2D eigenvalue weighted by Crippen LogP contribution is 2.54. The Balaban J connectivity index is 2.57. The number of allylic oxidation sites excluding steroid dienone is 1. The van der Waals surface area contributed by atoms with Gasteiger partial charge in [-0.25, -0.2) is 0 Å². The van der Waals surface area contributed by atoms with Gasteiger partial charge in [0.05, 0.1) is 0 Å². The highest BCUT2D eigenvalue weighted by atomic mass is 19.4. The highest BCUT2D eigenvalue weighted by molar-refractivity contribution is 5.40. The zero-order valence-electron chi connectivity index (χ0n) is 7.84. The number of carbonyl (C=O) groups is 1. The molecule has 0 radical (unpaired) electrons. The number of alkyl halides is 3. The molecule has 0 aromatic heterocycles.